The normalized spacial score (nSPS) is 11.7. The minimum atomic E-state index is -0.451. The minimum Gasteiger partial charge on any atom is -0.325 e. The van der Waals surface area contributed by atoms with Gasteiger partial charge in [0.05, 0.1) is 10.9 Å². The molecule has 0 unspecified atom stereocenters. The highest BCUT2D eigenvalue weighted by Gasteiger charge is 2.17. The number of Topliss-reactive ketones (excluding diaryl/α,β-unsaturated/α-hetero) is 1. The Morgan fingerprint density at radius 2 is 1.79 bits per heavy atom. The minimum absolute atomic E-state index is 0.0638. The van der Waals surface area contributed by atoms with Gasteiger partial charge in [-0.1, -0.05) is 41.6 Å². The number of carbonyl (C=O) groups excluding carboxylic acids is 2. The van der Waals surface area contributed by atoms with Crippen LogP contribution < -0.4 is 10.9 Å². The highest BCUT2D eigenvalue weighted by atomic mass is 32.2. The Balaban J connectivity index is 1.74. The van der Waals surface area contributed by atoms with Crippen LogP contribution in [0.25, 0.3) is 5.69 Å². The fraction of sp³-hybridized carbons (Fsp3) is 0.182. The first-order chi connectivity index (χ1) is 13.8. The summed E-state index contributed by atoms with van der Waals surface area (Å²) in [5.74, 6) is -0.281. The number of carbonyl (C=O) groups is 2. The van der Waals surface area contributed by atoms with Crippen molar-refractivity contribution in [1.29, 1.82) is 0 Å². The number of benzene rings is 2. The predicted molar refractivity (Wildman–Crippen MR) is 115 cm³/mol. The van der Waals surface area contributed by atoms with Crippen molar-refractivity contribution >= 4 is 29.1 Å². The van der Waals surface area contributed by atoms with Crippen molar-refractivity contribution in [3.63, 3.8) is 0 Å². The molecule has 1 heterocycles. The molecule has 0 saturated carbocycles. The molecule has 1 amide bonds. The topological polar surface area (TPSA) is 81.1 Å². The third-order valence-corrected chi connectivity index (χ3v) is 5.28. The lowest BCUT2D eigenvalue weighted by atomic mass is 10.1. The largest absolute Gasteiger partial charge is 0.325 e. The summed E-state index contributed by atoms with van der Waals surface area (Å²) in [6.07, 6.45) is 0. The van der Waals surface area contributed by atoms with Crippen molar-refractivity contribution in [3.05, 3.63) is 82.1 Å². The van der Waals surface area contributed by atoms with E-state index in [1.807, 2.05) is 31.2 Å². The summed E-state index contributed by atoms with van der Waals surface area (Å²) < 4.78 is 1.32. The molecule has 0 aliphatic rings. The van der Waals surface area contributed by atoms with Gasteiger partial charge in [0.25, 0.3) is 5.56 Å². The number of aryl methyl sites for hydroxylation is 1. The molecule has 3 aromatic rings. The van der Waals surface area contributed by atoms with Gasteiger partial charge in [0.1, 0.15) is 5.03 Å². The molecule has 148 valence electrons. The summed E-state index contributed by atoms with van der Waals surface area (Å²) in [7, 11) is 0. The van der Waals surface area contributed by atoms with Gasteiger partial charge in [-0.15, -0.1) is 0 Å². The molecule has 29 heavy (non-hydrogen) atoms. The molecule has 2 aromatic carbocycles. The fourth-order valence-corrected chi connectivity index (χ4v) is 3.43. The molecule has 1 aromatic heterocycles. The highest BCUT2D eigenvalue weighted by Crippen LogP contribution is 2.22. The second kappa shape index (κ2) is 8.87. The summed E-state index contributed by atoms with van der Waals surface area (Å²) in [4.78, 5) is 36.2. The van der Waals surface area contributed by atoms with Gasteiger partial charge >= 0.3 is 0 Å². The predicted octanol–water partition coefficient (Wildman–Crippen LogP) is 3.86. The number of amides is 1. The van der Waals surface area contributed by atoms with Crippen molar-refractivity contribution in [3.8, 4) is 5.69 Å². The molecule has 0 radical (unpaired) electrons. The molecule has 1 atom stereocenters. The van der Waals surface area contributed by atoms with Crippen molar-refractivity contribution < 1.29 is 9.59 Å². The quantitative estimate of drug-likeness (QED) is 0.496. The van der Waals surface area contributed by atoms with Crippen molar-refractivity contribution in [2.24, 2.45) is 0 Å². The first kappa shape index (κ1) is 20.5. The first-order valence-corrected chi connectivity index (χ1v) is 9.97. The van der Waals surface area contributed by atoms with Crippen molar-refractivity contribution in [1.82, 2.24) is 9.78 Å². The van der Waals surface area contributed by atoms with Gasteiger partial charge < -0.3 is 5.32 Å². The number of thioether (sulfide) groups is 1. The lowest BCUT2D eigenvalue weighted by molar-refractivity contribution is -0.115. The van der Waals surface area contributed by atoms with Crippen LogP contribution in [0.5, 0.6) is 0 Å². The highest BCUT2D eigenvalue weighted by molar-refractivity contribution is 8.00. The molecule has 3 rings (SSSR count). The second-order valence-electron chi connectivity index (χ2n) is 6.64. The van der Waals surface area contributed by atoms with Crippen LogP contribution in [0.3, 0.4) is 0 Å². The van der Waals surface area contributed by atoms with Gasteiger partial charge in [-0.3, -0.25) is 14.4 Å². The molecule has 7 heteroatoms. The molecule has 0 aliphatic carbocycles. The number of hydrogen-bond donors (Lipinski definition) is 1. The Kier molecular flexibility index (Phi) is 6.29. The Hall–Kier alpha value is -3.19. The van der Waals surface area contributed by atoms with E-state index in [0.717, 1.165) is 5.56 Å². The van der Waals surface area contributed by atoms with Gasteiger partial charge in [0, 0.05) is 17.3 Å². The zero-order valence-corrected chi connectivity index (χ0v) is 17.2. The number of hydrogen-bond acceptors (Lipinski definition) is 5. The van der Waals surface area contributed by atoms with Gasteiger partial charge in [-0.05, 0) is 51.1 Å². The molecule has 0 spiro atoms. The third-order valence-electron chi connectivity index (χ3n) is 4.26. The van der Waals surface area contributed by atoms with Crippen LogP contribution in [0, 0.1) is 6.92 Å². The molecule has 0 fully saturated rings. The number of ketones is 1. The zero-order chi connectivity index (χ0) is 21.0. The van der Waals surface area contributed by atoms with E-state index in [9.17, 15) is 14.4 Å². The van der Waals surface area contributed by atoms with E-state index in [1.165, 1.54) is 29.4 Å². The maximum absolute atomic E-state index is 12.5. The lowest BCUT2D eigenvalue weighted by Crippen LogP contribution is -2.24. The van der Waals surface area contributed by atoms with Gasteiger partial charge in [0.15, 0.2) is 5.78 Å². The molecular weight excluding hydrogens is 386 g/mol. The molecule has 0 saturated heterocycles. The van der Waals surface area contributed by atoms with Crippen molar-refractivity contribution in [2.45, 2.75) is 31.0 Å². The Bertz CT molecular complexity index is 1110. The first-order valence-electron chi connectivity index (χ1n) is 9.09. The Labute approximate surface area is 173 Å². The summed E-state index contributed by atoms with van der Waals surface area (Å²) >= 11 is 1.25. The standard InChI is InChI=1S/C22H21N3O3S/c1-14-7-9-19(10-8-14)25-21(27)12-11-20(24-25)29-16(3)22(28)23-18-6-4-5-17(13-18)15(2)26/h4-13,16H,1-3H3,(H,23,28)/t16-/m0/s1. The second-order valence-corrected chi connectivity index (χ2v) is 8.00. The van der Waals surface area contributed by atoms with Crippen LogP contribution in [-0.2, 0) is 4.79 Å². The van der Waals surface area contributed by atoms with E-state index in [1.54, 1.807) is 37.3 Å². The summed E-state index contributed by atoms with van der Waals surface area (Å²) in [5, 5.41) is 7.30. The fourth-order valence-electron chi connectivity index (χ4n) is 2.62. The lowest BCUT2D eigenvalue weighted by Gasteiger charge is -2.13. The van der Waals surface area contributed by atoms with Gasteiger partial charge in [-0.25, -0.2) is 0 Å². The molecule has 0 bridgehead atoms. The number of nitrogens with one attached hydrogen (secondary N) is 1. The summed E-state index contributed by atoms with van der Waals surface area (Å²) in [5.41, 5.74) is 2.62. The summed E-state index contributed by atoms with van der Waals surface area (Å²) in [6.45, 7) is 5.21. The molecular formula is C22H21N3O3S. The van der Waals surface area contributed by atoms with Gasteiger partial charge in [0.2, 0.25) is 5.91 Å². The van der Waals surface area contributed by atoms with E-state index in [2.05, 4.69) is 10.4 Å². The van der Waals surface area contributed by atoms with Gasteiger partial charge in [-0.2, -0.15) is 9.78 Å². The molecule has 1 N–H and O–H groups in total. The van der Waals surface area contributed by atoms with Crippen LogP contribution in [0.2, 0.25) is 0 Å². The molecule has 6 nitrogen and oxygen atoms in total. The average Bonchev–Trinajstić information content (AvgIpc) is 2.70. The number of anilines is 1. The third kappa shape index (κ3) is 5.20. The van der Waals surface area contributed by atoms with Crippen LogP contribution in [0.1, 0.15) is 29.8 Å². The van der Waals surface area contributed by atoms with E-state index < -0.39 is 5.25 Å². The molecule has 0 aliphatic heterocycles. The van der Waals surface area contributed by atoms with E-state index in [0.29, 0.717) is 22.0 Å². The van der Waals surface area contributed by atoms with Crippen molar-refractivity contribution in [2.75, 3.05) is 5.32 Å². The maximum atomic E-state index is 12.5. The summed E-state index contributed by atoms with van der Waals surface area (Å²) in [6, 6.07) is 17.3. The van der Waals surface area contributed by atoms with E-state index in [-0.39, 0.29) is 17.2 Å². The van der Waals surface area contributed by atoms with Crippen LogP contribution in [0.15, 0.2) is 70.5 Å². The Morgan fingerprint density at radius 3 is 2.48 bits per heavy atom. The van der Waals surface area contributed by atoms with Crippen LogP contribution in [-0.4, -0.2) is 26.7 Å². The smallest absolute Gasteiger partial charge is 0.271 e. The van der Waals surface area contributed by atoms with E-state index >= 15 is 0 Å². The average molecular weight is 407 g/mol. The number of rotatable bonds is 6. The van der Waals surface area contributed by atoms with Crippen LogP contribution >= 0.6 is 11.8 Å². The van der Waals surface area contributed by atoms with E-state index in [4.69, 9.17) is 0 Å². The monoisotopic (exact) mass is 407 g/mol. The zero-order valence-electron chi connectivity index (χ0n) is 16.4. The number of nitrogens with zero attached hydrogens (tertiary/aromatic N) is 2. The maximum Gasteiger partial charge on any atom is 0.271 e. The number of aromatic nitrogens is 2. The van der Waals surface area contributed by atoms with Crippen LogP contribution in [0.4, 0.5) is 5.69 Å². The Morgan fingerprint density at radius 1 is 1.07 bits per heavy atom. The SMILES string of the molecule is CC(=O)c1cccc(NC(=O)[C@H](C)Sc2ccc(=O)n(-c3ccc(C)cc3)n2)c1.